The van der Waals surface area contributed by atoms with Crippen molar-refractivity contribution in [2.24, 2.45) is 0 Å². The van der Waals surface area contributed by atoms with Crippen LogP contribution < -0.4 is 4.74 Å². The van der Waals surface area contributed by atoms with Crippen LogP contribution in [0.5, 0.6) is 5.75 Å². The highest BCUT2D eigenvalue weighted by molar-refractivity contribution is 5.31. The zero-order valence-electron chi connectivity index (χ0n) is 8.07. The molecule has 1 aromatic carbocycles. The third-order valence-corrected chi connectivity index (χ3v) is 1.84. The normalized spacial score (nSPS) is 10.8. The standard InChI is InChI=1S/C10H10F4O/c1-2-3-6-4-9(15-10(13)14)8(12)5-7(6)11/h4-5,10H,2-3H2,1H3. The Morgan fingerprint density at radius 1 is 1.20 bits per heavy atom. The van der Waals surface area contributed by atoms with Crippen LogP contribution in [0.4, 0.5) is 17.6 Å². The van der Waals surface area contributed by atoms with Gasteiger partial charge < -0.3 is 4.74 Å². The minimum Gasteiger partial charge on any atom is -0.432 e. The number of benzene rings is 1. The van der Waals surface area contributed by atoms with E-state index >= 15 is 0 Å². The quantitative estimate of drug-likeness (QED) is 0.708. The summed E-state index contributed by atoms with van der Waals surface area (Å²) in [6.07, 6.45) is 0.988. The molecule has 1 aromatic rings. The van der Waals surface area contributed by atoms with Crippen LogP contribution in [0.1, 0.15) is 18.9 Å². The van der Waals surface area contributed by atoms with Crippen molar-refractivity contribution in [2.75, 3.05) is 0 Å². The van der Waals surface area contributed by atoms with E-state index < -0.39 is 24.0 Å². The lowest BCUT2D eigenvalue weighted by Gasteiger charge is -2.08. The molecule has 0 aliphatic rings. The van der Waals surface area contributed by atoms with Gasteiger partial charge in [-0.2, -0.15) is 8.78 Å². The van der Waals surface area contributed by atoms with E-state index in [9.17, 15) is 17.6 Å². The monoisotopic (exact) mass is 222 g/mol. The van der Waals surface area contributed by atoms with Crippen LogP contribution in [0.15, 0.2) is 12.1 Å². The SMILES string of the molecule is CCCc1cc(OC(F)F)c(F)cc1F. The second-order valence-electron chi connectivity index (χ2n) is 3.00. The van der Waals surface area contributed by atoms with Crippen molar-refractivity contribution in [3.05, 3.63) is 29.3 Å². The van der Waals surface area contributed by atoms with Gasteiger partial charge in [0.1, 0.15) is 5.82 Å². The topological polar surface area (TPSA) is 9.23 Å². The van der Waals surface area contributed by atoms with Gasteiger partial charge in [0.15, 0.2) is 11.6 Å². The number of halogens is 4. The van der Waals surface area contributed by atoms with Crippen LogP contribution in [-0.4, -0.2) is 6.61 Å². The molecule has 1 nitrogen and oxygen atoms in total. The predicted octanol–water partition coefficient (Wildman–Crippen LogP) is 3.52. The Hall–Kier alpha value is -1.26. The fourth-order valence-electron chi connectivity index (χ4n) is 1.22. The summed E-state index contributed by atoms with van der Waals surface area (Å²) < 4.78 is 53.6. The van der Waals surface area contributed by atoms with E-state index in [4.69, 9.17) is 0 Å². The predicted molar refractivity (Wildman–Crippen MR) is 47.0 cm³/mol. The Kier molecular flexibility index (Phi) is 3.94. The van der Waals surface area contributed by atoms with Gasteiger partial charge in [-0.25, -0.2) is 8.78 Å². The number of ether oxygens (including phenoxy) is 1. The van der Waals surface area contributed by atoms with Crippen LogP contribution in [0, 0.1) is 11.6 Å². The first-order valence-corrected chi connectivity index (χ1v) is 4.47. The molecule has 1 rings (SSSR count). The van der Waals surface area contributed by atoms with Crippen LogP contribution in [0.2, 0.25) is 0 Å². The zero-order valence-corrected chi connectivity index (χ0v) is 8.07. The number of rotatable bonds is 4. The molecule has 0 fully saturated rings. The summed E-state index contributed by atoms with van der Waals surface area (Å²) in [5.74, 6) is -2.47. The zero-order chi connectivity index (χ0) is 11.4. The molecule has 0 aliphatic heterocycles. The van der Waals surface area contributed by atoms with Crippen molar-refractivity contribution < 1.29 is 22.3 Å². The maximum Gasteiger partial charge on any atom is 0.387 e. The Balaban J connectivity index is 3.00. The molecule has 84 valence electrons. The lowest BCUT2D eigenvalue weighted by Crippen LogP contribution is -2.05. The number of aryl methyl sites for hydroxylation is 1. The largest absolute Gasteiger partial charge is 0.432 e. The van der Waals surface area contributed by atoms with Gasteiger partial charge in [-0.05, 0) is 18.1 Å². The van der Waals surface area contributed by atoms with Crippen molar-refractivity contribution in [3.63, 3.8) is 0 Å². The van der Waals surface area contributed by atoms with Gasteiger partial charge in [-0.15, -0.1) is 0 Å². The molecular weight excluding hydrogens is 212 g/mol. The van der Waals surface area contributed by atoms with E-state index in [0.717, 1.165) is 6.07 Å². The highest BCUT2D eigenvalue weighted by Gasteiger charge is 2.13. The maximum absolute atomic E-state index is 13.1. The molecule has 5 heteroatoms. The Morgan fingerprint density at radius 3 is 2.40 bits per heavy atom. The van der Waals surface area contributed by atoms with E-state index in [1.54, 1.807) is 6.92 Å². The molecule has 0 unspecified atom stereocenters. The lowest BCUT2D eigenvalue weighted by atomic mass is 10.1. The number of hydrogen-bond acceptors (Lipinski definition) is 1. The smallest absolute Gasteiger partial charge is 0.387 e. The molecule has 0 N–H and O–H groups in total. The fourth-order valence-corrected chi connectivity index (χ4v) is 1.22. The van der Waals surface area contributed by atoms with Crippen molar-refractivity contribution >= 4 is 0 Å². The minimum atomic E-state index is -3.11. The van der Waals surface area contributed by atoms with Crippen LogP contribution in [-0.2, 0) is 6.42 Å². The molecule has 0 atom stereocenters. The third kappa shape index (κ3) is 3.11. The van der Waals surface area contributed by atoms with Crippen LogP contribution >= 0.6 is 0 Å². The van der Waals surface area contributed by atoms with Crippen molar-refractivity contribution in [3.8, 4) is 5.75 Å². The van der Waals surface area contributed by atoms with E-state index in [1.807, 2.05) is 0 Å². The first-order valence-electron chi connectivity index (χ1n) is 4.47. The average Bonchev–Trinajstić information content (AvgIpc) is 2.12. The summed E-state index contributed by atoms with van der Waals surface area (Å²) in [5.41, 5.74) is 0.176. The van der Waals surface area contributed by atoms with Crippen molar-refractivity contribution in [1.29, 1.82) is 0 Å². The molecule has 0 aromatic heterocycles. The second-order valence-corrected chi connectivity index (χ2v) is 3.00. The fraction of sp³-hybridized carbons (Fsp3) is 0.400. The highest BCUT2D eigenvalue weighted by atomic mass is 19.3. The first-order chi connectivity index (χ1) is 7.04. The van der Waals surface area contributed by atoms with Crippen molar-refractivity contribution in [1.82, 2.24) is 0 Å². The summed E-state index contributed by atoms with van der Waals surface area (Å²) in [4.78, 5) is 0. The molecule has 0 spiro atoms. The van der Waals surface area contributed by atoms with Crippen LogP contribution in [0.3, 0.4) is 0 Å². The number of alkyl halides is 2. The first kappa shape index (κ1) is 11.8. The van der Waals surface area contributed by atoms with Gasteiger partial charge in [0.05, 0.1) is 0 Å². The van der Waals surface area contributed by atoms with Gasteiger partial charge in [-0.3, -0.25) is 0 Å². The van der Waals surface area contributed by atoms with Gasteiger partial charge in [0.25, 0.3) is 0 Å². The Labute approximate surface area is 84.7 Å². The van der Waals surface area contributed by atoms with Gasteiger partial charge in [0.2, 0.25) is 0 Å². The summed E-state index contributed by atoms with van der Waals surface area (Å²) in [5, 5.41) is 0. The summed E-state index contributed by atoms with van der Waals surface area (Å²) in [6.45, 7) is -1.31. The van der Waals surface area contributed by atoms with E-state index in [1.165, 1.54) is 0 Å². The molecular formula is C10H10F4O. The van der Waals surface area contributed by atoms with Gasteiger partial charge >= 0.3 is 6.61 Å². The number of hydrogen-bond donors (Lipinski definition) is 0. The van der Waals surface area contributed by atoms with Gasteiger partial charge in [-0.1, -0.05) is 13.3 Å². The summed E-state index contributed by atoms with van der Waals surface area (Å²) >= 11 is 0. The highest BCUT2D eigenvalue weighted by Crippen LogP contribution is 2.24. The average molecular weight is 222 g/mol. The maximum atomic E-state index is 13.1. The molecule has 0 saturated carbocycles. The summed E-state index contributed by atoms with van der Waals surface area (Å²) in [6, 6.07) is 1.53. The van der Waals surface area contributed by atoms with E-state index in [0.29, 0.717) is 18.9 Å². The van der Waals surface area contributed by atoms with Crippen molar-refractivity contribution in [2.45, 2.75) is 26.4 Å². The van der Waals surface area contributed by atoms with E-state index in [-0.39, 0.29) is 5.56 Å². The second kappa shape index (κ2) is 5.00. The van der Waals surface area contributed by atoms with Gasteiger partial charge in [0, 0.05) is 6.07 Å². The Morgan fingerprint density at radius 2 is 1.87 bits per heavy atom. The summed E-state index contributed by atoms with van der Waals surface area (Å²) in [7, 11) is 0. The van der Waals surface area contributed by atoms with E-state index in [2.05, 4.69) is 4.74 Å². The van der Waals surface area contributed by atoms with Crippen LogP contribution in [0.25, 0.3) is 0 Å². The molecule has 0 amide bonds. The minimum absolute atomic E-state index is 0.176. The molecule has 0 aliphatic carbocycles. The third-order valence-electron chi connectivity index (χ3n) is 1.84. The molecule has 0 heterocycles. The Bertz CT molecular complexity index is 338. The molecule has 0 saturated heterocycles. The lowest BCUT2D eigenvalue weighted by molar-refractivity contribution is -0.0523. The molecule has 0 radical (unpaired) electrons. The molecule has 15 heavy (non-hydrogen) atoms. The molecule has 0 bridgehead atoms.